The van der Waals surface area contributed by atoms with E-state index in [4.69, 9.17) is 14.2 Å². The van der Waals surface area contributed by atoms with E-state index in [0.29, 0.717) is 19.4 Å². The molecule has 0 amide bonds. The van der Waals surface area contributed by atoms with Crippen LogP contribution in [0.4, 0.5) is 0 Å². The van der Waals surface area contributed by atoms with E-state index < -0.39 is 6.10 Å². The van der Waals surface area contributed by atoms with Crippen LogP contribution in [0.2, 0.25) is 0 Å². The van der Waals surface area contributed by atoms with Gasteiger partial charge < -0.3 is 14.2 Å². The summed E-state index contributed by atoms with van der Waals surface area (Å²) in [7, 11) is 0. The molecule has 0 saturated carbocycles. The van der Waals surface area contributed by atoms with Crippen LogP contribution in [0, 0.1) is 0 Å². The molecule has 5 nitrogen and oxygen atoms in total. The molecule has 0 aliphatic carbocycles. The Hall–Kier alpha value is -1.88. The minimum absolute atomic E-state index is 0.0818. The van der Waals surface area contributed by atoms with Crippen LogP contribution in [0.3, 0.4) is 0 Å². The molecule has 0 fully saturated rings. The smallest absolute Gasteiger partial charge is 0.306 e. The molecule has 0 heterocycles. The first-order valence-electron chi connectivity index (χ1n) is 25.5. The van der Waals surface area contributed by atoms with Crippen molar-refractivity contribution in [3.05, 3.63) is 36.5 Å². The Bertz CT molecular complexity index is 924. The Kier molecular flexibility index (Phi) is 47.9. The van der Waals surface area contributed by atoms with Crippen molar-refractivity contribution >= 4 is 11.9 Å². The van der Waals surface area contributed by atoms with Gasteiger partial charge in [0.1, 0.15) is 6.61 Å². The third-order valence-electron chi connectivity index (χ3n) is 11.2. The van der Waals surface area contributed by atoms with Crippen molar-refractivity contribution in [2.75, 3.05) is 19.8 Å². The molecule has 1 atom stereocenters. The highest BCUT2D eigenvalue weighted by Crippen LogP contribution is 2.16. The summed E-state index contributed by atoms with van der Waals surface area (Å²) in [4.78, 5) is 25.3. The quantitative estimate of drug-likeness (QED) is 0.0348. The van der Waals surface area contributed by atoms with Crippen molar-refractivity contribution < 1.29 is 23.8 Å². The monoisotopic (exact) mass is 815 g/mol. The summed E-state index contributed by atoms with van der Waals surface area (Å²) in [6.45, 7) is 7.69. The lowest BCUT2D eigenvalue weighted by atomic mass is 10.0. The van der Waals surface area contributed by atoms with E-state index in [1.54, 1.807) is 0 Å². The molecule has 0 aromatic carbocycles. The number of allylic oxidation sites excluding steroid dienone is 6. The average Bonchev–Trinajstić information content (AvgIpc) is 3.22. The van der Waals surface area contributed by atoms with Crippen LogP contribution in [-0.4, -0.2) is 37.9 Å². The molecule has 1 unspecified atom stereocenters. The summed E-state index contributed by atoms with van der Waals surface area (Å²) in [6.07, 6.45) is 58.7. The van der Waals surface area contributed by atoms with E-state index in [-0.39, 0.29) is 25.2 Å². The number of esters is 2. The van der Waals surface area contributed by atoms with Crippen LogP contribution < -0.4 is 0 Å². The summed E-state index contributed by atoms with van der Waals surface area (Å²) in [5, 5.41) is 0. The number of carbonyl (C=O) groups excluding carboxylic acids is 2. The largest absolute Gasteiger partial charge is 0.462 e. The van der Waals surface area contributed by atoms with Crippen LogP contribution in [0.1, 0.15) is 265 Å². The van der Waals surface area contributed by atoms with Gasteiger partial charge in [-0.2, -0.15) is 0 Å². The summed E-state index contributed by atoms with van der Waals surface area (Å²) in [5.41, 5.74) is 0. The molecule has 0 rings (SSSR count). The lowest BCUT2D eigenvalue weighted by Gasteiger charge is -2.18. The Balaban J connectivity index is 4.14. The van der Waals surface area contributed by atoms with E-state index in [1.165, 1.54) is 167 Å². The van der Waals surface area contributed by atoms with Crippen LogP contribution in [0.5, 0.6) is 0 Å². The molecule has 0 spiro atoms. The first-order chi connectivity index (χ1) is 28.6. The van der Waals surface area contributed by atoms with Gasteiger partial charge in [-0.15, -0.1) is 0 Å². The third kappa shape index (κ3) is 46.8. The molecule has 58 heavy (non-hydrogen) atoms. The van der Waals surface area contributed by atoms with Crippen molar-refractivity contribution in [1.29, 1.82) is 0 Å². The average molecular weight is 815 g/mol. The Morgan fingerprint density at radius 1 is 0.397 bits per heavy atom. The molecule has 5 heteroatoms. The number of rotatable bonds is 47. The van der Waals surface area contributed by atoms with Crippen LogP contribution in [-0.2, 0) is 23.8 Å². The van der Waals surface area contributed by atoms with Gasteiger partial charge in [-0.25, -0.2) is 0 Å². The van der Waals surface area contributed by atoms with Gasteiger partial charge in [-0.3, -0.25) is 9.59 Å². The molecule has 0 bridgehead atoms. The Morgan fingerprint density at radius 3 is 1.24 bits per heavy atom. The highest BCUT2D eigenvalue weighted by Gasteiger charge is 2.17. The second kappa shape index (κ2) is 49.5. The third-order valence-corrected chi connectivity index (χ3v) is 11.2. The standard InChI is InChI=1S/C53H98O5/c1-4-7-10-13-16-19-21-23-25-26-27-28-29-30-32-35-37-40-43-46-52(54)57-50-51(58-53(55)47-44-41-38-34-18-15-12-9-6-3)49-56-48-45-42-39-36-33-31-24-22-20-17-14-11-8-5-2/h8,11,17,20,24,31,51H,4-7,9-10,12-16,18-19,21-23,25-30,32-50H2,1-3H3/b11-8-,20-17-,31-24-. The molecule has 340 valence electrons. The van der Waals surface area contributed by atoms with Gasteiger partial charge in [0.25, 0.3) is 0 Å². The van der Waals surface area contributed by atoms with Crippen molar-refractivity contribution in [2.45, 2.75) is 271 Å². The van der Waals surface area contributed by atoms with Crippen LogP contribution in [0.25, 0.3) is 0 Å². The zero-order valence-corrected chi connectivity index (χ0v) is 39.1. The summed E-state index contributed by atoms with van der Waals surface area (Å²) in [6, 6.07) is 0. The predicted molar refractivity (Wildman–Crippen MR) is 252 cm³/mol. The van der Waals surface area contributed by atoms with Gasteiger partial charge in [0.2, 0.25) is 0 Å². The maximum absolute atomic E-state index is 12.7. The van der Waals surface area contributed by atoms with Crippen molar-refractivity contribution in [3.63, 3.8) is 0 Å². The Morgan fingerprint density at radius 2 is 0.776 bits per heavy atom. The predicted octanol–water partition coefficient (Wildman–Crippen LogP) is 17.0. The van der Waals surface area contributed by atoms with E-state index >= 15 is 0 Å². The minimum Gasteiger partial charge on any atom is -0.462 e. The highest BCUT2D eigenvalue weighted by molar-refractivity contribution is 5.70. The number of carbonyl (C=O) groups is 2. The fourth-order valence-electron chi connectivity index (χ4n) is 7.41. The zero-order valence-electron chi connectivity index (χ0n) is 39.1. The number of hydrogen-bond donors (Lipinski definition) is 0. The van der Waals surface area contributed by atoms with Crippen LogP contribution in [0.15, 0.2) is 36.5 Å². The zero-order chi connectivity index (χ0) is 42.1. The van der Waals surface area contributed by atoms with Gasteiger partial charge in [-0.1, -0.05) is 237 Å². The number of ether oxygens (including phenoxy) is 3. The van der Waals surface area contributed by atoms with Crippen molar-refractivity contribution in [1.82, 2.24) is 0 Å². The molecule has 0 aromatic heterocycles. The molecule has 0 aromatic rings. The normalized spacial score (nSPS) is 12.4. The molecule has 0 saturated heterocycles. The number of hydrogen-bond acceptors (Lipinski definition) is 5. The van der Waals surface area contributed by atoms with Gasteiger partial charge in [-0.05, 0) is 51.4 Å². The van der Waals surface area contributed by atoms with Gasteiger partial charge in [0.05, 0.1) is 6.61 Å². The van der Waals surface area contributed by atoms with E-state index in [2.05, 4.69) is 57.2 Å². The van der Waals surface area contributed by atoms with Crippen molar-refractivity contribution in [2.24, 2.45) is 0 Å². The Labute approximate surface area is 361 Å². The first-order valence-corrected chi connectivity index (χ1v) is 25.5. The molecule has 0 aliphatic rings. The summed E-state index contributed by atoms with van der Waals surface area (Å²) in [5.74, 6) is -0.399. The van der Waals surface area contributed by atoms with Crippen molar-refractivity contribution in [3.8, 4) is 0 Å². The van der Waals surface area contributed by atoms with Gasteiger partial charge >= 0.3 is 11.9 Å². The first kappa shape index (κ1) is 56.1. The fraction of sp³-hybridized carbons (Fsp3) is 0.849. The summed E-state index contributed by atoms with van der Waals surface area (Å²) >= 11 is 0. The summed E-state index contributed by atoms with van der Waals surface area (Å²) < 4.78 is 17.3. The van der Waals surface area contributed by atoms with E-state index in [1.807, 2.05) is 0 Å². The van der Waals surface area contributed by atoms with E-state index in [0.717, 1.165) is 64.2 Å². The van der Waals surface area contributed by atoms with Crippen LogP contribution >= 0.6 is 0 Å². The van der Waals surface area contributed by atoms with E-state index in [9.17, 15) is 9.59 Å². The highest BCUT2D eigenvalue weighted by atomic mass is 16.6. The topological polar surface area (TPSA) is 61.8 Å². The maximum atomic E-state index is 12.7. The second-order valence-corrected chi connectivity index (χ2v) is 17.1. The molecule has 0 N–H and O–H groups in total. The lowest BCUT2D eigenvalue weighted by Crippen LogP contribution is -2.30. The fourth-order valence-corrected chi connectivity index (χ4v) is 7.41. The SMILES string of the molecule is CC/C=C\C/C=C\C/C=C\CCCCCCOCC(COC(=O)CCCCCCCCCCCCCCCCCCCCC)OC(=O)CCCCCCCCCCC. The minimum atomic E-state index is -0.540. The maximum Gasteiger partial charge on any atom is 0.306 e. The molecular formula is C53H98O5. The molecule has 0 aliphatic heterocycles. The second-order valence-electron chi connectivity index (χ2n) is 17.1. The van der Waals surface area contributed by atoms with Gasteiger partial charge in [0, 0.05) is 19.4 Å². The number of unbranched alkanes of at least 4 members (excludes halogenated alkanes) is 30. The van der Waals surface area contributed by atoms with Gasteiger partial charge in [0.15, 0.2) is 6.10 Å². The molecule has 0 radical (unpaired) electrons. The lowest BCUT2D eigenvalue weighted by molar-refractivity contribution is -0.163. The molecular weight excluding hydrogens is 717 g/mol.